The number of methoxy groups -OCH3 is 1. The number of hydrogen-bond donors (Lipinski definition) is 1. The second-order valence-corrected chi connectivity index (χ2v) is 10.4. The zero-order chi connectivity index (χ0) is 35.7. The molecule has 0 spiro atoms. The molecule has 0 saturated carbocycles. The summed E-state index contributed by atoms with van der Waals surface area (Å²) in [5, 5.41) is 0.469. The Labute approximate surface area is 276 Å². The number of amides is 1. The molecule has 9 nitrogen and oxygen atoms in total. The topological polar surface area (TPSA) is 123 Å². The van der Waals surface area contributed by atoms with Gasteiger partial charge in [0.25, 0.3) is 0 Å². The fourth-order valence-electron chi connectivity index (χ4n) is 4.10. The van der Waals surface area contributed by atoms with Crippen LogP contribution >= 0.6 is 11.6 Å². The Kier molecular flexibility index (Phi) is 26.7. The van der Waals surface area contributed by atoms with Crippen molar-refractivity contribution in [1.82, 2.24) is 9.88 Å². The number of nitrogens with zero attached hydrogens (tertiary/aromatic N) is 3. The Morgan fingerprint density at radius 2 is 1.71 bits per heavy atom. The van der Waals surface area contributed by atoms with Gasteiger partial charge in [-0.2, -0.15) is 0 Å². The van der Waals surface area contributed by atoms with Crippen LogP contribution in [-0.2, 0) is 30.3 Å². The van der Waals surface area contributed by atoms with Crippen molar-refractivity contribution >= 4 is 55.1 Å². The highest BCUT2D eigenvalue weighted by Crippen LogP contribution is 2.27. The lowest BCUT2D eigenvalue weighted by molar-refractivity contribution is -0.149. The van der Waals surface area contributed by atoms with E-state index in [1.54, 1.807) is 6.07 Å². The van der Waals surface area contributed by atoms with Gasteiger partial charge in [-0.25, -0.2) is 9.78 Å². The van der Waals surface area contributed by atoms with Crippen molar-refractivity contribution in [1.29, 1.82) is 0 Å². The average molecular weight is 647 g/mol. The van der Waals surface area contributed by atoms with E-state index in [4.69, 9.17) is 31.7 Å². The fourth-order valence-corrected chi connectivity index (χ4v) is 4.34. The zero-order valence-corrected chi connectivity index (χ0v) is 29.7. The van der Waals surface area contributed by atoms with Crippen LogP contribution in [0.1, 0.15) is 75.3 Å². The van der Waals surface area contributed by atoms with Crippen molar-refractivity contribution in [2.45, 2.75) is 73.8 Å². The predicted octanol–water partition coefficient (Wildman–Crippen LogP) is 6.70. The Morgan fingerprint density at radius 3 is 2.13 bits per heavy atom. The number of carbonyl (C=O) groups is 4. The minimum Gasteiger partial charge on any atom is -0.467 e. The van der Waals surface area contributed by atoms with Crippen LogP contribution in [0.3, 0.4) is 0 Å². The normalized spacial score (nSPS) is 10.9. The molecule has 1 heterocycles. The molecule has 45 heavy (non-hydrogen) atoms. The van der Waals surface area contributed by atoms with Gasteiger partial charge in [0.2, 0.25) is 6.41 Å². The number of carbonyl (C=O) groups excluding carboxylic acids is 4. The van der Waals surface area contributed by atoms with Crippen LogP contribution in [0.5, 0.6) is 0 Å². The molecule has 252 valence electrons. The summed E-state index contributed by atoms with van der Waals surface area (Å²) in [4.78, 5) is 47.9. The van der Waals surface area contributed by atoms with Gasteiger partial charge in [0, 0.05) is 49.5 Å². The lowest BCUT2D eigenvalue weighted by atomic mass is 9.96. The van der Waals surface area contributed by atoms with Crippen LogP contribution in [0.4, 0.5) is 5.82 Å². The summed E-state index contributed by atoms with van der Waals surface area (Å²) in [7, 11) is 5.33. The lowest BCUT2D eigenvalue weighted by Gasteiger charge is -2.28. The van der Waals surface area contributed by atoms with Crippen LogP contribution in [0.25, 0.3) is 11.8 Å². The van der Waals surface area contributed by atoms with Crippen LogP contribution in [0.15, 0.2) is 37.1 Å². The van der Waals surface area contributed by atoms with E-state index in [9.17, 15) is 9.59 Å². The fraction of sp³-hybridized carbons (Fsp3) is 0.457. The van der Waals surface area contributed by atoms with Gasteiger partial charge < -0.3 is 29.9 Å². The number of nitrogens with two attached hydrogens (primary N) is 1. The van der Waals surface area contributed by atoms with E-state index in [1.807, 2.05) is 77.8 Å². The van der Waals surface area contributed by atoms with Gasteiger partial charge in [0.05, 0.1) is 7.11 Å². The van der Waals surface area contributed by atoms with Crippen LogP contribution in [-0.4, -0.2) is 69.6 Å². The molecule has 0 aliphatic carbocycles. The first-order valence-electron chi connectivity index (χ1n) is 14.8. The van der Waals surface area contributed by atoms with E-state index >= 15 is 0 Å². The highest BCUT2D eigenvalue weighted by Gasteiger charge is 2.27. The van der Waals surface area contributed by atoms with Gasteiger partial charge in [-0.15, -0.1) is 0 Å². The largest absolute Gasteiger partial charge is 0.467 e. The number of benzene rings is 1. The van der Waals surface area contributed by atoms with Gasteiger partial charge in [-0.05, 0) is 67.5 Å². The second kappa shape index (κ2) is 26.4. The van der Waals surface area contributed by atoms with Crippen molar-refractivity contribution in [2.24, 2.45) is 11.7 Å². The molecule has 2 rings (SSSR count). The Bertz CT molecular complexity index is 1180. The van der Waals surface area contributed by atoms with Gasteiger partial charge >= 0.3 is 5.97 Å². The third-order valence-electron chi connectivity index (χ3n) is 6.52. The molecular weight excluding hydrogens is 592 g/mol. The molecular formula is C35H55ClN4O5. The van der Waals surface area contributed by atoms with Gasteiger partial charge in [-0.1, -0.05) is 70.5 Å². The minimum atomic E-state index is -0.741. The van der Waals surface area contributed by atoms with Crippen molar-refractivity contribution in [2.75, 3.05) is 32.6 Å². The molecule has 0 saturated heterocycles. The first-order chi connectivity index (χ1) is 21.4. The summed E-state index contributed by atoms with van der Waals surface area (Å²) in [5.41, 5.74) is 11.1. The minimum absolute atomic E-state index is 0.257. The molecule has 2 atom stereocenters. The van der Waals surface area contributed by atoms with E-state index in [2.05, 4.69) is 45.3 Å². The second-order valence-electron chi connectivity index (χ2n) is 9.99. The predicted molar refractivity (Wildman–Crippen MR) is 189 cm³/mol. The van der Waals surface area contributed by atoms with E-state index in [-0.39, 0.29) is 6.42 Å². The molecule has 0 bridgehead atoms. The van der Waals surface area contributed by atoms with Crippen molar-refractivity contribution in [3.05, 3.63) is 69.9 Å². The SMILES string of the molecule is C=C(N)c1cc(Cl)c(CC(C(=O)OC)N(C=O)CCC(C)CC)cc1/C=C\C.C=O.C=O.CC.Cc1cnc(N(C)C)c(C)c1. The molecule has 2 unspecified atom stereocenters. The lowest BCUT2D eigenvalue weighted by Crippen LogP contribution is -2.43. The number of rotatable bonds is 12. The summed E-state index contributed by atoms with van der Waals surface area (Å²) in [6, 6.07) is 5.02. The Morgan fingerprint density at radius 1 is 1.13 bits per heavy atom. The molecule has 2 aromatic rings. The number of anilines is 1. The molecule has 1 aromatic heterocycles. The van der Waals surface area contributed by atoms with E-state index in [1.165, 1.54) is 23.1 Å². The Balaban J connectivity index is -0.000000857. The third kappa shape index (κ3) is 16.6. The molecule has 2 N–H and O–H groups in total. The summed E-state index contributed by atoms with van der Waals surface area (Å²) in [6.07, 6.45) is 8.47. The van der Waals surface area contributed by atoms with E-state index in [0.29, 0.717) is 29.6 Å². The highest BCUT2D eigenvalue weighted by atomic mass is 35.5. The molecule has 0 fully saturated rings. The maximum absolute atomic E-state index is 12.4. The number of ether oxygens (including phenoxy) is 1. The smallest absolute Gasteiger partial charge is 0.328 e. The molecule has 0 aliphatic rings. The van der Waals surface area contributed by atoms with E-state index < -0.39 is 12.0 Å². The molecule has 1 amide bonds. The summed E-state index contributed by atoms with van der Waals surface area (Å²) in [5.74, 6) is 1.04. The number of aromatic nitrogens is 1. The van der Waals surface area contributed by atoms with E-state index in [0.717, 1.165) is 35.3 Å². The summed E-state index contributed by atoms with van der Waals surface area (Å²) >= 11 is 6.46. The first-order valence-corrected chi connectivity index (χ1v) is 15.1. The van der Waals surface area contributed by atoms with Crippen molar-refractivity contribution < 1.29 is 23.9 Å². The average Bonchev–Trinajstić information content (AvgIpc) is 3.04. The molecule has 0 radical (unpaired) electrons. The number of hydrogen-bond acceptors (Lipinski definition) is 8. The standard InChI is InChI=1S/C22H31ClN2O3.C9H14N2.C2H6.2CH2O/c1-6-8-17-11-18(20(23)13-19(17)16(4)24)12-21(22(27)28-5)25(14-26)10-9-15(3)7-2;1-7-5-8(2)9(10-6-7)11(3)4;3*1-2/h6,8,11,13-15,21H,4,7,9-10,12,24H2,1-3,5H3;5-6H,1-4H3;1-2H3;2*1H2/b8-6-;;;;. The molecule has 10 heteroatoms. The van der Waals surface area contributed by atoms with Crippen molar-refractivity contribution in [3.63, 3.8) is 0 Å². The van der Waals surface area contributed by atoms with Gasteiger partial charge in [0.15, 0.2) is 0 Å². The quantitative estimate of drug-likeness (QED) is 0.200. The highest BCUT2D eigenvalue weighted by molar-refractivity contribution is 6.31. The molecule has 0 aliphatic heterocycles. The van der Waals surface area contributed by atoms with Crippen LogP contribution in [0.2, 0.25) is 5.02 Å². The van der Waals surface area contributed by atoms with Gasteiger partial charge in [0.1, 0.15) is 25.4 Å². The maximum Gasteiger partial charge on any atom is 0.328 e. The molecule has 1 aromatic carbocycles. The monoisotopic (exact) mass is 646 g/mol. The number of allylic oxidation sites excluding steroid dienone is 1. The number of pyridine rings is 1. The maximum atomic E-state index is 12.4. The van der Waals surface area contributed by atoms with Crippen molar-refractivity contribution in [3.8, 4) is 0 Å². The zero-order valence-electron chi connectivity index (χ0n) is 29.0. The number of esters is 1. The third-order valence-corrected chi connectivity index (χ3v) is 6.87. The Hall–Kier alpha value is -3.98. The van der Waals surface area contributed by atoms with Crippen LogP contribution < -0.4 is 10.6 Å². The summed E-state index contributed by atoms with van der Waals surface area (Å²) in [6.45, 7) is 22.5. The van der Waals surface area contributed by atoms with Crippen LogP contribution in [0, 0.1) is 19.8 Å². The summed E-state index contributed by atoms with van der Waals surface area (Å²) < 4.78 is 4.95. The first kappa shape index (κ1) is 45.4. The number of aryl methyl sites for hydroxylation is 2. The number of halogens is 1. The van der Waals surface area contributed by atoms with Gasteiger partial charge in [-0.3, -0.25) is 4.79 Å².